The number of nitrogens with zero attached hydrogens (tertiary/aromatic N) is 6. The van der Waals surface area contributed by atoms with Gasteiger partial charge in [-0.15, -0.1) is 0 Å². The zero-order valence-corrected chi connectivity index (χ0v) is 30.4. The van der Waals surface area contributed by atoms with Crippen molar-refractivity contribution in [3.63, 3.8) is 0 Å². The summed E-state index contributed by atoms with van der Waals surface area (Å²) < 4.78 is 9.53. The second-order valence-corrected chi connectivity index (χ2v) is 16.2. The summed E-state index contributed by atoms with van der Waals surface area (Å²) in [5, 5.41) is 17.9. The van der Waals surface area contributed by atoms with Gasteiger partial charge in [0.25, 0.3) is 0 Å². The number of primary amides is 1. The Kier molecular flexibility index (Phi) is 9.62. The summed E-state index contributed by atoms with van der Waals surface area (Å²) in [5.41, 5.74) is 20.6. The zero-order valence-electron chi connectivity index (χ0n) is 30.4. The van der Waals surface area contributed by atoms with Crippen molar-refractivity contribution < 1.29 is 19.2 Å². The average molecular weight is 713 g/mol. The molecule has 8 rings (SSSR count). The first-order valence-electron chi connectivity index (χ1n) is 18.5. The van der Waals surface area contributed by atoms with Crippen LogP contribution in [0.3, 0.4) is 0 Å². The Morgan fingerprint density at radius 2 is 1.77 bits per heavy atom. The number of amides is 2. The van der Waals surface area contributed by atoms with E-state index < -0.39 is 29.3 Å². The molecule has 4 aliphatic rings. The number of nitrogens with one attached hydrogen (secondary N) is 1. The van der Waals surface area contributed by atoms with Crippen LogP contribution < -0.4 is 22.5 Å². The molecule has 1 unspecified atom stereocenters. The number of nitrogens with two attached hydrogens (primary N) is 3. The van der Waals surface area contributed by atoms with Crippen LogP contribution in [0.1, 0.15) is 91.5 Å². The molecule has 1 aromatic carbocycles. The molecule has 8 N–H and O–H groups in total. The highest BCUT2D eigenvalue weighted by molar-refractivity contribution is 5.93. The Hall–Kier alpha value is -4.72. The number of hydrogen-bond donors (Lipinski definition) is 5. The highest BCUT2D eigenvalue weighted by atomic mass is 16.5. The van der Waals surface area contributed by atoms with Crippen molar-refractivity contribution in [1.82, 2.24) is 34.6 Å². The number of nitrogen functional groups attached to an aromatic ring is 1. The summed E-state index contributed by atoms with van der Waals surface area (Å²) >= 11 is 0. The maximum atomic E-state index is 14.7. The molecular weight excluding hydrogens is 660 g/mol. The third kappa shape index (κ3) is 7.30. The molecule has 14 nitrogen and oxygen atoms in total. The van der Waals surface area contributed by atoms with Gasteiger partial charge < -0.3 is 41.3 Å². The number of aromatic hydroxyl groups is 1. The molecule has 3 heterocycles. The Balaban J connectivity index is 1.18. The number of carbonyl (C=O) groups excluding carboxylic acids is 2. The van der Waals surface area contributed by atoms with E-state index in [1.54, 1.807) is 35.4 Å². The van der Waals surface area contributed by atoms with Crippen molar-refractivity contribution in [2.45, 2.75) is 103 Å². The van der Waals surface area contributed by atoms with Crippen molar-refractivity contribution in [3.8, 4) is 5.75 Å². The topological polar surface area (TPSA) is 219 Å². The largest absolute Gasteiger partial charge is 0.508 e. The number of imidazole rings is 2. The first-order chi connectivity index (χ1) is 24.8. The fourth-order valence-corrected chi connectivity index (χ4v) is 10.1. The number of aromatic nitrogens is 6. The molecule has 0 saturated heterocycles. The number of phenols is 1. The zero-order chi connectivity index (χ0) is 36.8. The van der Waals surface area contributed by atoms with Crippen LogP contribution in [0.25, 0.3) is 0 Å². The SMILES string of the molecule is Cc1cc(O)cc(C)c1C[C@H](C(=O)N[C@@H](Cc1cn(C)cn1)c1nc(CC23CC4CC(CC(C4)C2)C3)no1)C(N)(CCCn1ccnc1N)C(N)=O. The lowest BCUT2D eigenvalue weighted by atomic mass is 9.49. The summed E-state index contributed by atoms with van der Waals surface area (Å²) in [6.07, 6.45) is 16.3. The minimum Gasteiger partial charge on any atom is -0.508 e. The molecule has 4 bridgehead atoms. The van der Waals surface area contributed by atoms with Gasteiger partial charge in [-0.2, -0.15) is 4.98 Å². The molecule has 4 fully saturated rings. The van der Waals surface area contributed by atoms with E-state index in [-0.39, 0.29) is 36.3 Å². The van der Waals surface area contributed by atoms with Gasteiger partial charge in [0.2, 0.25) is 17.7 Å². The van der Waals surface area contributed by atoms with E-state index in [0.29, 0.717) is 24.7 Å². The number of benzene rings is 1. The minimum absolute atomic E-state index is 0.105. The number of phenolic OH excluding ortho intramolecular Hbond substituents is 1. The maximum Gasteiger partial charge on any atom is 0.249 e. The molecule has 52 heavy (non-hydrogen) atoms. The van der Waals surface area contributed by atoms with Gasteiger partial charge in [-0.3, -0.25) is 9.59 Å². The molecule has 4 saturated carbocycles. The molecule has 2 amide bonds. The fraction of sp³-hybridized carbons (Fsp3) is 0.579. The highest BCUT2D eigenvalue weighted by Crippen LogP contribution is 2.61. The predicted molar refractivity (Wildman–Crippen MR) is 193 cm³/mol. The average Bonchev–Trinajstić information content (AvgIpc) is 3.80. The van der Waals surface area contributed by atoms with Crippen LogP contribution in [0.2, 0.25) is 0 Å². The third-order valence-electron chi connectivity index (χ3n) is 12.2. The molecule has 3 atom stereocenters. The van der Waals surface area contributed by atoms with Gasteiger partial charge in [-0.25, -0.2) is 9.97 Å². The van der Waals surface area contributed by atoms with E-state index in [1.807, 2.05) is 31.7 Å². The third-order valence-corrected chi connectivity index (χ3v) is 12.2. The Morgan fingerprint density at radius 1 is 1.10 bits per heavy atom. The molecule has 0 spiro atoms. The lowest BCUT2D eigenvalue weighted by Gasteiger charge is -2.56. The van der Waals surface area contributed by atoms with Gasteiger partial charge in [-0.1, -0.05) is 5.16 Å². The van der Waals surface area contributed by atoms with E-state index in [0.717, 1.165) is 46.6 Å². The van der Waals surface area contributed by atoms with Crippen molar-refractivity contribution >= 4 is 17.8 Å². The highest BCUT2D eigenvalue weighted by Gasteiger charge is 2.51. The summed E-state index contributed by atoms with van der Waals surface area (Å²) in [4.78, 5) is 41.6. The minimum atomic E-state index is -1.75. The van der Waals surface area contributed by atoms with E-state index in [1.165, 1.54) is 38.5 Å². The van der Waals surface area contributed by atoms with Gasteiger partial charge in [0.05, 0.1) is 17.9 Å². The van der Waals surface area contributed by atoms with Crippen LogP contribution in [0.15, 0.2) is 41.6 Å². The van der Waals surface area contributed by atoms with E-state index in [2.05, 4.69) is 20.4 Å². The monoisotopic (exact) mass is 712 g/mol. The second kappa shape index (κ2) is 14.0. The van der Waals surface area contributed by atoms with Crippen molar-refractivity contribution in [2.75, 3.05) is 5.73 Å². The number of anilines is 1. The van der Waals surface area contributed by atoms with Crippen LogP contribution in [0.5, 0.6) is 5.75 Å². The molecule has 4 aromatic rings. The van der Waals surface area contributed by atoms with E-state index in [4.69, 9.17) is 26.7 Å². The van der Waals surface area contributed by atoms with Gasteiger partial charge in [0.15, 0.2) is 11.8 Å². The van der Waals surface area contributed by atoms with E-state index >= 15 is 0 Å². The standard InChI is InChI=1S/C38H52N10O4/c1-22-9-28(49)10-23(2)29(22)15-30(38(41,35(39)51)5-4-7-48-8-6-42-36(48)40)33(50)44-31(14-27-20-47(3)21-43-27)34-45-32(46-52-34)19-37-16-24-11-25(17-37)13-26(12-24)18-37/h6,8-10,20-21,24-26,30-31,49H,4-5,7,11-19,41H2,1-3H3,(H2,39,51)(H2,40,42)(H,44,50)/t24?,25?,26?,30-,31+,37?,38?/m1/s1. The van der Waals surface area contributed by atoms with E-state index in [9.17, 15) is 14.7 Å². The van der Waals surface area contributed by atoms with Gasteiger partial charge in [-0.05, 0) is 124 Å². The lowest BCUT2D eigenvalue weighted by molar-refractivity contribution is -0.135. The second-order valence-electron chi connectivity index (χ2n) is 16.2. The number of rotatable bonds is 15. The summed E-state index contributed by atoms with van der Waals surface area (Å²) in [6, 6.07) is 2.53. The van der Waals surface area contributed by atoms with Crippen molar-refractivity contribution in [1.29, 1.82) is 0 Å². The summed E-state index contributed by atoms with van der Waals surface area (Å²) in [5.74, 6) is 1.43. The van der Waals surface area contributed by atoms with Gasteiger partial charge >= 0.3 is 0 Å². The first-order valence-corrected chi connectivity index (χ1v) is 18.5. The fourth-order valence-electron chi connectivity index (χ4n) is 10.1. The molecule has 14 heteroatoms. The molecule has 0 aliphatic heterocycles. The predicted octanol–water partition coefficient (Wildman–Crippen LogP) is 3.59. The first kappa shape index (κ1) is 35.7. The summed E-state index contributed by atoms with van der Waals surface area (Å²) in [6.45, 7) is 4.14. The molecular formula is C38H52N10O4. The molecule has 3 aromatic heterocycles. The van der Waals surface area contributed by atoms with Crippen LogP contribution in [-0.4, -0.2) is 51.7 Å². The van der Waals surface area contributed by atoms with Crippen LogP contribution >= 0.6 is 0 Å². The number of aryl methyl sites for hydroxylation is 4. The van der Waals surface area contributed by atoms with Crippen LogP contribution in [-0.2, 0) is 42.4 Å². The molecule has 278 valence electrons. The maximum absolute atomic E-state index is 14.7. The number of carbonyl (C=O) groups is 2. The lowest BCUT2D eigenvalue weighted by Crippen LogP contribution is -2.62. The van der Waals surface area contributed by atoms with Crippen LogP contribution in [0.4, 0.5) is 5.95 Å². The van der Waals surface area contributed by atoms with Crippen LogP contribution in [0, 0.1) is 42.9 Å². The van der Waals surface area contributed by atoms with Crippen molar-refractivity contribution in [2.24, 2.45) is 47.6 Å². The smallest absolute Gasteiger partial charge is 0.249 e. The van der Waals surface area contributed by atoms with Gasteiger partial charge in [0, 0.05) is 45.0 Å². The summed E-state index contributed by atoms with van der Waals surface area (Å²) in [7, 11) is 1.88. The normalized spacial score (nSPS) is 24.4. The quantitative estimate of drug-likeness (QED) is 0.121. The Morgan fingerprint density at radius 3 is 2.35 bits per heavy atom. The Bertz CT molecular complexity index is 1870. The van der Waals surface area contributed by atoms with Crippen molar-refractivity contribution in [3.05, 3.63) is 71.1 Å². The van der Waals surface area contributed by atoms with Gasteiger partial charge in [0.1, 0.15) is 17.3 Å². The molecule has 4 aliphatic carbocycles. The number of hydrogen-bond acceptors (Lipinski definition) is 10. The Labute approximate surface area is 303 Å². The molecule has 0 radical (unpaired) electrons.